The van der Waals surface area contributed by atoms with E-state index in [9.17, 15) is 0 Å². The van der Waals surface area contributed by atoms with Crippen molar-refractivity contribution in [1.82, 2.24) is 0 Å². The monoisotopic (exact) mass is 218 g/mol. The van der Waals surface area contributed by atoms with Gasteiger partial charge in [0.1, 0.15) is 0 Å². The van der Waals surface area contributed by atoms with Crippen molar-refractivity contribution in [1.29, 1.82) is 0 Å². The lowest BCUT2D eigenvalue weighted by Gasteiger charge is -2.26. The summed E-state index contributed by atoms with van der Waals surface area (Å²) in [5.41, 5.74) is 9.48. The second kappa shape index (κ2) is 4.77. The van der Waals surface area contributed by atoms with E-state index in [0.717, 1.165) is 11.7 Å². The van der Waals surface area contributed by atoms with Crippen LogP contribution in [0, 0.1) is 6.92 Å². The van der Waals surface area contributed by atoms with Crippen molar-refractivity contribution in [3.63, 3.8) is 0 Å². The summed E-state index contributed by atoms with van der Waals surface area (Å²) < 4.78 is 0. The second-order valence-electron chi connectivity index (χ2n) is 4.77. The number of benzene rings is 1. The van der Waals surface area contributed by atoms with Crippen molar-refractivity contribution in [3.05, 3.63) is 23.8 Å². The minimum atomic E-state index is 0.770. The Kier molecular flexibility index (Phi) is 3.37. The zero-order valence-electron chi connectivity index (χ0n) is 10.4. The SMILES string of the molecule is CCCCN(c1cccc(N)c1C)C1CC1. The molecule has 2 heteroatoms. The van der Waals surface area contributed by atoms with Crippen LogP contribution in [-0.4, -0.2) is 12.6 Å². The first-order chi connectivity index (χ1) is 7.74. The van der Waals surface area contributed by atoms with E-state index in [1.807, 2.05) is 6.07 Å². The third-order valence-electron chi connectivity index (χ3n) is 3.40. The van der Waals surface area contributed by atoms with Gasteiger partial charge in [-0.2, -0.15) is 0 Å². The van der Waals surface area contributed by atoms with Gasteiger partial charge >= 0.3 is 0 Å². The molecule has 0 atom stereocenters. The van der Waals surface area contributed by atoms with E-state index in [4.69, 9.17) is 5.73 Å². The van der Waals surface area contributed by atoms with Gasteiger partial charge in [-0.05, 0) is 43.9 Å². The molecule has 2 nitrogen and oxygen atoms in total. The number of rotatable bonds is 5. The molecule has 16 heavy (non-hydrogen) atoms. The predicted molar refractivity (Wildman–Crippen MR) is 70.9 cm³/mol. The average Bonchev–Trinajstić information content (AvgIpc) is 3.08. The number of nitrogens with two attached hydrogens (primary N) is 1. The molecular formula is C14H22N2. The largest absolute Gasteiger partial charge is 0.398 e. The Morgan fingerprint density at radius 2 is 2.12 bits per heavy atom. The lowest BCUT2D eigenvalue weighted by Crippen LogP contribution is -2.27. The highest BCUT2D eigenvalue weighted by Crippen LogP contribution is 2.35. The maximum Gasteiger partial charge on any atom is 0.0419 e. The fraction of sp³-hybridized carbons (Fsp3) is 0.571. The average molecular weight is 218 g/mol. The van der Waals surface area contributed by atoms with Crippen molar-refractivity contribution in [2.45, 2.75) is 45.6 Å². The summed E-state index contributed by atoms with van der Waals surface area (Å²) in [6.45, 7) is 5.55. The fourth-order valence-corrected chi connectivity index (χ4v) is 2.17. The lowest BCUT2D eigenvalue weighted by molar-refractivity contribution is 0.711. The van der Waals surface area contributed by atoms with E-state index in [1.165, 1.54) is 43.5 Å². The molecule has 0 amide bonds. The maximum atomic E-state index is 5.98. The fourth-order valence-electron chi connectivity index (χ4n) is 2.17. The molecular weight excluding hydrogens is 196 g/mol. The smallest absolute Gasteiger partial charge is 0.0419 e. The van der Waals surface area contributed by atoms with Gasteiger partial charge in [0.2, 0.25) is 0 Å². The van der Waals surface area contributed by atoms with E-state index in [2.05, 4.69) is 30.9 Å². The first-order valence-corrected chi connectivity index (χ1v) is 6.35. The molecule has 88 valence electrons. The maximum absolute atomic E-state index is 5.98. The van der Waals surface area contributed by atoms with Gasteiger partial charge in [0.25, 0.3) is 0 Å². The van der Waals surface area contributed by atoms with Gasteiger partial charge in [-0.3, -0.25) is 0 Å². The Labute approximate surface area is 98.4 Å². The molecule has 0 aliphatic heterocycles. The van der Waals surface area contributed by atoms with Crippen LogP contribution in [0.5, 0.6) is 0 Å². The molecule has 1 saturated carbocycles. The summed E-state index contributed by atoms with van der Waals surface area (Å²) in [5, 5.41) is 0. The second-order valence-corrected chi connectivity index (χ2v) is 4.77. The van der Waals surface area contributed by atoms with Gasteiger partial charge in [-0.15, -0.1) is 0 Å². The van der Waals surface area contributed by atoms with E-state index < -0.39 is 0 Å². The minimum Gasteiger partial charge on any atom is -0.398 e. The molecule has 2 N–H and O–H groups in total. The van der Waals surface area contributed by atoms with E-state index >= 15 is 0 Å². The Hall–Kier alpha value is -1.18. The lowest BCUT2D eigenvalue weighted by atomic mass is 10.1. The van der Waals surface area contributed by atoms with Gasteiger partial charge in [0, 0.05) is 24.0 Å². The molecule has 2 rings (SSSR count). The van der Waals surface area contributed by atoms with Gasteiger partial charge < -0.3 is 10.6 Å². The van der Waals surface area contributed by atoms with Crippen LogP contribution in [0.25, 0.3) is 0 Å². The van der Waals surface area contributed by atoms with Crippen molar-refractivity contribution in [3.8, 4) is 0 Å². The molecule has 0 saturated heterocycles. The number of unbranched alkanes of at least 4 members (excludes halogenated alkanes) is 1. The molecule has 1 aliphatic carbocycles. The molecule has 0 unspecified atom stereocenters. The molecule has 1 aliphatic rings. The van der Waals surface area contributed by atoms with Crippen LogP contribution in [-0.2, 0) is 0 Å². The normalized spacial score (nSPS) is 15.1. The summed E-state index contributed by atoms with van der Waals surface area (Å²) in [6, 6.07) is 7.04. The first kappa shape index (κ1) is 11.3. The zero-order valence-corrected chi connectivity index (χ0v) is 10.4. The van der Waals surface area contributed by atoms with Gasteiger partial charge in [-0.1, -0.05) is 19.4 Å². The highest BCUT2D eigenvalue weighted by molar-refractivity contribution is 5.65. The molecule has 0 radical (unpaired) electrons. The number of nitrogens with zero attached hydrogens (tertiary/aromatic N) is 1. The molecule has 0 spiro atoms. The van der Waals surface area contributed by atoms with Gasteiger partial charge in [0.15, 0.2) is 0 Å². The third kappa shape index (κ3) is 2.31. The van der Waals surface area contributed by atoms with Crippen LogP contribution in [0.2, 0.25) is 0 Å². The standard InChI is InChI=1S/C14H22N2/c1-3-4-10-16(12-8-9-12)14-7-5-6-13(15)11(14)2/h5-7,12H,3-4,8-10,15H2,1-2H3. The van der Waals surface area contributed by atoms with Crippen LogP contribution in [0.1, 0.15) is 38.2 Å². The van der Waals surface area contributed by atoms with Crippen LogP contribution in [0.15, 0.2) is 18.2 Å². The summed E-state index contributed by atoms with van der Waals surface area (Å²) in [5.74, 6) is 0. The highest BCUT2D eigenvalue weighted by atomic mass is 15.2. The number of anilines is 2. The third-order valence-corrected chi connectivity index (χ3v) is 3.40. The first-order valence-electron chi connectivity index (χ1n) is 6.35. The molecule has 0 aromatic heterocycles. The van der Waals surface area contributed by atoms with Crippen LogP contribution < -0.4 is 10.6 Å². The van der Waals surface area contributed by atoms with Crippen molar-refractivity contribution < 1.29 is 0 Å². The van der Waals surface area contributed by atoms with E-state index in [0.29, 0.717) is 0 Å². The Bertz CT molecular complexity index is 356. The van der Waals surface area contributed by atoms with Crippen LogP contribution in [0.3, 0.4) is 0 Å². The Morgan fingerprint density at radius 1 is 1.38 bits per heavy atom. The number of hydrogen-bond acceptors (Lipinski definition) is 2. The van der Waals surface area contributed by atoms with Crippen LogP contribution >= 0.6 is 0 Å². The number of nitrogen functional groups attached to an aromatic ring is 1. The summed E-state index contributed by atoms with van der Waals surface area (Å²) >= 11 is 0. The number of hydrogen-bond donors (Lipinski definition) is 1. The van der Waals surface area contributed by atoms with Crippen LogP contribution in [0.4, 0.5) is 11.4 Å². The van der Waals surface area contributed by atoms with Gasteiger partial charge in [-0.25, -0.2) is 0 Å². The van der Waals surface area contributed by atoms with E-state index in [1.54, 1.807) is 0 Å². The molecule has 0 heterocycles. The topological polar surface area (TPSA) is 29.3 Å². The van der Waals surface area contributed by atoms with E-state index in [-0.39, 0.29) is 0 Å². The zero-order chi connectivity index (χ0) is 11.5. The molecule has 1 aromatic rings. The van der Waals surface area contributed by atoms with Crippen molar-refractivity contribution >= 4 is 11.4 Å². The minimum absolute atomic E-state index is 0.770. The van der Waals surface area contributed by atoms with Crippen molar-refractivity contribution in [2.24, 2.45) is 0 Å². The summed E-state index contributed by atoms with van der Waals surface area (Å²) in [7, 11) is 0. The quantitative estimate of drug-likeness (QED) is 0.768. The molecule has 0 bridgehead atoms. The predicted octanol–water partition coefficient (Wildman–Crippen LogP) is 3.35. The summed E-state index contributed by atoms with van der Waals surface area (Å²) in [6.07, 6.45) is 5.21. The van der Waals surface area contributed by atoms with Gasteiger partial charge in [0.05, 0.1) is 0 Å². The highest BCUT2D eigenvalue weighted by Gasteiger charge is 2.29. The molecule has 1 fully saturated rings. The molecule has 1 aromatic carbocycles. The Morgan fingerprint density at radius 3 is 2.75 bits per heavy atom. The van der Waals surface area contributed by atoms with Crippen molar-refractivity contribution in [2.75, 3.05) is 17.2 Å². The Balaban J connectivity index is 2.20. The summed E-state index contributed by atoms with van der Waals surface area (Å²) in [4.78, 5) is 2.55.